The van der Waals surface area contributed by atoms with E-state index in [1.165, 1.54) is 28.6 Å². The van der Waals surface area contributed by atoms with Gasteiger partial charge in [0.15, 0.2) is 5.78 Å². The lowest BCUT2D eigenvalue weighted by Crippen LogP contribution is -2.44. The first kappa shape index (κ1) is 20.1. The molecule has 30 heavy (non-hydrogen) atoms. The Hall–Kier alpha value is -3.16. The van der Waals surface area contributed by atoms with E-state index < -0.39 is 21.8 Å². The predicted molar refractivity (Wildman–Crippen MR) is 112 cm³/mol. The highest BCUT2D eigenvalue weighted by Crippen LogP contribution is 2.31. The average Bonchev–Trinajstić information content (AvgIpc) is 2.77. The molecule has 0 N–H and O–H groups in total. The maximum Gasteiger partial charge on any atom is 0.243 e. The minimum atomic E-state index is -3.84. The Balaban J connectivity index is 1.79. The van der Waals surface area contributed by atoms with E-state index in [0.29, 0.717) is 5.56 Å². The van der Waals surface area contributed by atoms with E-state index in [9.17, 15) is 17.6 Å². The molecule has 1 aromatic heterocycles. The fourth-order valence-corrected chi connectivity index (χ4v) is 4.96. The maximum atomic E-state index is 14.2. The highest BCUT2D eigenvalue weighted by molar-refractivity contribution is 7.89. The first-order valence-electron chi connectivity index (χ1n) is 9.41. The number of carbonyl (C=O) groups is 1. The molecule has 1 saturated heterocycles. The number of aromatic nitrogens is 1. The summed E-state index contributed by atoms with van der Waals surface area (Å²) in [5.41, 5.74) is 1.10. The molecule has 0 amide bonds. The van der Waals surface area contributed by atoms with Crippen molar-refractivity contribution < 1.29 is 17.6 Å². The minimum absolute atomic E-state index is 0.00361. The van der Waals surface area contributed by atoms with Gasteiger partial charge >= 0.3 is 0 Å². The van der Waals surface area contributed by atoms with Crippen LogP contribution in [0.25, 0.3) is 6.08 Å². The molecular weight excluding hydrogens is 403 g/mol. The number of piperidine rings is 1. The van der Waals surface area contributed by atoms with Crippen molar-refractivity contribution in [2.45, 2.75) is 10.8 Å². The van der Waals surface area contributed by atoms with Gasteiger partial charge in [-0.05, 0) is 35.9 Å². The Bertz CT molecular complexity index is 1200. The lowest BCUT2D eigenvalue weighted by molar-refractivity contribution is -0.118. The lowest BCUT2D eigenvalue weighted by Gasteiger charge is -2.32. The van der Waals surface area contributed by atoms with Crippen LogP contribution in [0.5, 0.6) is 0 Å². The highest BCUT2D eigenvalue weighted by atomic mass is 32.2. The molecule has 0 aliphatic carbocycles. The first-order valence-corrected chi connectivity index (χ1v) is 10.9. The molecule has 3 aromatic rings. The SMILES string of the molecule is O=C1C(=Cc2ccccc2F)CN(S(=O)(=O)c2ccccc2)CC1c1cccnc1. The molecule has 1 aliphatic heterocycles. The van der Waals surface area contributed by atoms with Crippen LogP contribution in [-0.4, -0.2) is 36.6 Å². The van der Waals surface area contributed by atoms with Crippen molar-refractivity contribution in [3.05, 3.63) is 102 Å². The molecule has 152 valence electrons. The van der Waals surface area contributed by atoms with Crippen LogP contribution in [0.3, 0.4) is 0 Å². The number of Topliss-reactive ketones (excluding diaryl/α,β-unsaturated/α-hetero) is 1. The van der Waals surface area contributed by atoms with Gasteiger partial charge in [-0.25, -0.2) is 12.8 Å². The molecule has 1 unspecified atom stereocenters. The zero-order valence-corrected chi connectivity index (χ0v) is 16.8. The average molecular weight is 422 g/mol. The first-order chi connectivity index (χ1) is 14.5. The number of nitrogens with zero attached hydrogens (tertiary/aromatic N) is 2. The van der Waals surface area contributed by atoms with E-state index in [4.69, 9.17) is 0 Å². The van der Waals surface area contributed by atoms with Crippen molar-refractivity contribution in [2.75, 3.05) is 13.1 Å². The summed E-state index contributed by atoms with van der Waals surface area (Å²) in [6.45, 7) is -0.127. The van der Waals surface area contributed by atoms with Crippen molar-refractivity contribution in [3.8, 4) is 0 Å². The number of benzene rings is 2. The summed E-state index contributed by atoms with van der Waals surface area (Å²) < 4.78 is 41.9. The van der Waals surface area contributed by atoms with Crippen molar-refractivity contribution in [2.24, 2.45) is 0 Å². The molecule has 0 spiro atoms. The summed E-state index contributed by atoms with van der Waals surface area (Å²) in [6, 6.07) is 17.6. The third-order valence-electron chi connectivity index (χ3n) is 5.07. The Morgan fingerprint density at radius 3 is 2.43 bits per heavy atom. The van der Waals surface area contributed by atoms with E-state index >= 15 is 0 Å². The predicted octanol–water partition coefficient (Wildman–Crippen LogP) is 3.66. The van der Waals surface area contributed by atoms with Crippen molar-refractivity contribution in [3.63, 3.8) is 0 Å². The van der Waals surface area contributed by atoms with Crippen LogP contribution in [0.1, 0.15) is 17.0 Å². The second-order valence-electron chi connectivity index (χ2n) is 7.00. The molecule has 1 fully saturated rings. The van der Waals surface area contributed by atoms with Gasteiger partial charge in [0.2, 0.25) is 10.0 Å². The second kappa shape index (κ2) is 8.30. The quantitative estimate of drug-likeness (QED) is 0.602. The number of halogens is 1. The Morgan fingerprint density at radius 1 is 1.00 bits per heavy atom. The van der Waals surface area contributed by atoms with Gasteiger partial charge in [-0.15, -0.1) is 0 Å². The summed E-state index contributed by atoms with van der Waals surface area (Å²) in [4.78, 5) is 17.4. The number of rotatable bonds is 4. The standard InChI is InChI=1S/C23H19FN2O3S/c24-22-11-5-4-7-17(22)13-19-15-26(30(28,29)20-9-2-1-3-10-20)16-21(23(19)27)18-8-6-12-25-14-18/h1-14,21H,15-16H2. The number of sulfonamides is 1. The minimum Gasteiger partial charge on any atom is -0.294 e. The van der Waals surface area contributed by atoms with Gasteiger partial charge in [0, 0.05) is 36.6 Å². The van der Waals surface area contributed by atoms with Crippen LogP contribution in [-0.2, 0) is 14.8 Å². The Kier molecular flexibility index (Phi) is 5.57. The number of hydrogen-bond acceptors (Lipinski definition) is 4. The second-order valence-corrected chi connectivity index (χ2v) is 8.94. The fourth-order valence-electron chi connectivity index (χ4n) is 3.50. The maximum absolute atomic E-state index is 14.2. The number of ketones is 1. The molecule has 2 aromatic carbocycles. The largest absolute Gasteiger partial charge is 0.294 e. The summed E-state index contributed by atoms with van der Waals surface area (Å²) in [6.07, 6.45) is 4.58. The third-order valence-corrected chi connectivity index (χ3v) is 6.89. The van der Waals surface area contributed by atoms with Crippen LogP contribution >= 0.6 is 0 Å². The van der Waals surface area contributed by atoms with E-state index in [2.05, 4.69) is 4.98 Å². The van der Waals surface area contributed by atoms with Crippen molar-refractivity contribution in [1.29, 1.82) is 0 Å². The third kappa shape index (κ3) is 3.94. The van der Waals surface area contributed by atoms with Gasteiger partial charge in [0.25, 0.3) is 0 Å². The van der Waals surface area contributed by atoms with E-state index in [1.54, 1.807) is 60.9 Å². The molecule has 1 atom stereocenters. The molecular formula is C23H19FN2O3S. The molecule has 4 rings (SSSR count). The topological polar surface area (TPSA) is 67.3 Å². The summed E-state index contributed by atoms with van der Waals surface area (Å²) >= 11 is 0. The van der Waals surface area contributed by atoms with E-state index in [0.717, 1.165) is 0 Å². The van der Waals surface area contributed by atoms with Gasteiger partial charge in [-0.1, -0.05) is 42.5 Å². The zero-order valence-electron chi connectivity index (χ0n) is 16.0. The highest BCUT2D eigenvalue weighted by Gasteiger charge is 2.38. The van der Waals surface area contributed by atoms with Gasteiger partial charge in [0.05, 0.1) is 10.8 Å². The normalized spacial score (nSPS) is 19.2. The van der Waals surface area contributed by atoms with Crippen LogP contribution in [0.2, 0.25) is 0 Å². The molecule has 1 aliphatic rings. The summed E-state index contributed by atoms with van der Waals surface area (Å²) in [7, 11) is -3.84. The van der Waals surface area contributed by atoms with Crippen LogP contribution in [0.15, 0.2) is 89.6 Å². The van der Waals surface area contributed by atoms with Crippen molar-refractivity contribution in [1.82, 2.24) is 9.29 Å². The van der Waals surface area contributed by atoms with Crippen molar-refractivity contribution >= 4 is 21.9 Å². The van der Waals surface area contributed by atoms with Gasteiger partial charge in [-0.3, -0.25) is 9.78 Å². The zero-order chi connectivity index (χ0) is 21.1. The molecule has 7 heteroatoms. The number of hydrogen-bond donors (Lipinski definition) is 0. The van der Waals surface area contributed by atoms with Crippen LogP contribution in [0.4, 0.5) is 4.39 Å². The lowest BCUT2D eigenvalue weighted by atomic mass is 9.87. The van der Waals surface area contributed by atoms with Crippen LogP contribution < -0.4 is 0 Å². The Labute approximate surface area is 174 Å². The smallest absolute Gasteiger partial charge is 0.243 e. The van der Waals surface area contributed by atoms with Crippen LogP contribution in [0, 0.1) is 5.82 Å². The Morgan fingerprint density at radius 2 is 1.73 bits per heavy atom. The van der Waals surface area contributed by atoms with Gasteiger partial charge in [0.1, 0.15) is 5.82 Å². The van der Waals surface area contributed by atoms with Gasteiger partial charge in [-0.2, -0.15) is 4.31 Å². The monoisotopic (exact) mass is 422 g/mol. The van der Waals surface area contributed by atoms with Gasteiger partial charge < -0.3 is 0 Å². The number of pyridine rings is 1. The summed E-state index contributed by atoms with van der Waals surface area (Å²) in [5.74, 6) is -1.42. The number of carbonyl (C=O) groups excluding carboxylic acids is 1. The molecule has 5 nitrogen and oxygen atoms in total. The fraction of sp³-hybridized carbons (Fsp3) is 0.130. The molecule has 0 saturated carbocycles. The molecule has 2 heterocycles. The van der Waals surface area contributed by atoms with E-state index in [-0.39, 0.29) is 34.9 Å². The molecule has 0 radical (unpaired) electrons. The molecule has 0 bridgehead atoms. The van der Waals surface area contributed by atoms with E-state index in [1.807, 2.05) is 0 Å². The summed E-state index contributed by atoms with van der Waals surface area (Å²) in [5, 5.41) is 0.